The summed E-state index contributed by atoms with van der Waals surface area (Å²) in [5, 5.41) is 9.67. The van der Waals surface area contributed by atoms with Gasteiger partial charge in [-0.25, -0.2) is 13.2 Å². The van der Waals surface area contributed by atoms with E-state index in [-0.39, 0.29) is 19.7 Å². The van der Waals surface area contributed by atoms with Gasteiger partial charge < -0.3 is 9.66 Å². The Kier molecular flexibility index (Phi) is 7.46. The monoisotopic (exact) mass is 526 g/mol. The number of nitrogens with zero attached hydrogens (tertiary/aromatic N) is 1. The molecule has 0 fully saturated rings. The number of benzene rings is 3. The van der Waals surface area contributed by atoms with Gasteiger partial charge in [-0.05, 0) is 60.4 Å². The molecule has 4 rings (SSSR count). The molecule has 1 heterocycles. The number of rotatable bonds is 9. The highest BCUT2D eigenvalue weighted by Crippen LogP contribution is 2.38. The van der Waals surface area contributed by atoms with Gasteiger partial charge in [-0.1, -0.05) is 54.6 Å². The van der Waals surface area contributed by atoms with E-state index in [1.165, 1.54) is 30.3 Å². The second-order valence-corrected chi connectivity index (χ2v) is 11.5. The lowest BCUT2D eigenvalue weighted by atomic mass is 9.99. The number of carbonyl (C=O) groups is 1. The number of anilines is 2. The first-order chi connectivity index (χ1) is 16.8. The Balaban J connectivity index is 1.67. The molecule has 0 bridgehead atoms. The average molecular weight is 527 g/mol. The van der Waals surface area contributed by atoms with E-state index < -0.39 is 27.1 Å². The Labute approximate surface area is 209 Å². The minimum Gasteiger partial charge on any atom is -0.755 e. The van der Waals surface area contributed by atoms with E-state index in [0.717, 1.165) is 15.6 Å². The van der Waals surface area contributed by atoms with Gasteiger partial charge in [0.05, 0.1) is 27.4 Å². The smallest absolute Gasteiger partial charge is 0.335 e. The number of carboxylic acids is 1. The molecule has 35 heavy (non-hydrogen) atoms. The van der Waals surface area contributed by atoms with Gasteiger partial charge in [0.25, 0.3) is 0 Å². The van der Waals surface area contributed by atoms with Crippen LogP contribution in [0.1, 0.15) is 21.5 Å². The van der Waals surface area contributed by atoms with Gasteiger partial charge in [-0.2, -0.15) is 0 Å². The van der Waals surface area contributed by atoms with Gasteiger partial charge in [0.15, 0.2) is 0 Å². The zero-order chi connectivity index (χ0) is 25.0. The summed E-state index contributed by atoms with van der Waals surface area (Å²) < 4.78 is 51.7. The summed E-state index contributed by atoms with van der Waals surface area (Å²) in [6.45, 7) is 0. The largest absolute Gasteiger partial charge is 0.755 e. The lowest BCUT2D eigenvalue weighted by molar-refractivity contribution is 0.0695. The van der Waals surface area contributed by atoms with Crippen molar-refractivity contribution in [3.05, 3.63) is 108 Å². The molecule has 3 aromatic carbocycles. The molecule has 1 N–H and O–H groups in total. The first kappa shape index (κ1) is 24.8. The number of carboxylic acid groups (broad SMARTS) is 1. The van der Waals surface area contributed by atoms with Crippen molar-refractivity contribution in [1.82, 2.24) is 0 Å². The number of sulfone groups is 1. The van der Waals surface area contributed by atoms with E-state index in [1.807, 2.05) is 0 Å². The molecule has 0 aliphatic carbocycles. The van der Waals surface area contributed by atoms with Crippen LogP contribution >= 0.6 is 11.3 Å². The summed E-state index contributed by atoms with van der Waals surface area (Å²) in [6, 6.07) is 24.4. The predicted octanol–water partition coefficient (Wildman–Crippen LogP) is 5.00. The lowest BCUT2D eigenvalue weighted by Gasteiger charge is -2.27. The topological polar surface area (TPSA) is 115 Å². The summed E-state index contributed by atoms with van der Waals surface area (Å²) in [5.74, 6) is -1.03. The second-order valence-electron chi connectivity index (χ2n) is 7.51. The van der Waals surface area contributed by atoms with E-state index in [9.17, 15) is 27.1 Å². The molecule has 10 heteroatoms. The van der Waals surface area contributed by atoms with Gasteiger partial charge in [0.1, 0.15) is 9.21 Å². The fourth-order valence-corrected chi connectivity index (χ4v) is 7.17. The highest BCUT2D eigenvalue weighted by molar-refractivity contribution is 7.93. The predicted molar refractivity (Wildman–Crippen MR) is 135 cm³/mol. The zero-order valence-corrected chi connectivity index (χ0v) is 20.7. The van der Waals surface area contributed by atoms with Crippen molar-refractivity contribution in [2.45, 2.75) is 21.9 Å². The third kappa shape index (κ3) is 5.35. The average Bonchev–Trinajstić information content (AvgIpc) is 3.34. The van der Waals surface area contributed by atoms with Crippen LogP contribution in [0.3, 0.4) is 0 Å². The second kappa shape index (κ2) is 10.5. The van der Waals surface area contributed by atoms with Crippen LogP contribution in [0.15, 0.2) is 100 Å². The number of hydrogen-bond donors (Lipinski definition) is 1. The minimum absolute atomic E-state index is 0.0296. The van der Waals surface area contributed by atoms with Gasteiger partial charge in [0.2, 0.25) is 9.84 Å². The van der Waals surface area contributed by atoms with Crippen LogP contribution in [0.4, 0.5) is 10.7 Å². The van der Waals surface area contributed by atoms with Crippen molar-refractivity contribution < 1.29 is 27.1 Å². The Hall–Kier alpha value is -3.31. The summed E-state index contributed by atoms with van der Waals surface area (Å²) in [4.78, 5) is 11.7. The maximum atomic E-state index is 13.0. The van der Waals surface area contributed by atoms with Crippen LogP contribution in [0.5, 0.6) is 0 Å². The van der Waals surface area contributed by atoms with Crippen LogP contribution in [0.2, 0.25) is 0 Å². The molecular formula is C25H20NO6S3-. The van der Waals surface area contributed by atoms with Crippen LogP contribution in [0.25, 0.3) is 0 Å². The van der Waals surface area contributed by atoms with Gasteiger partial charge >= 0.3 is 5.97 Å². The van der Waals surface area contributed by atoms with E-state index in [2.05, 4.69) is 0 Å². The van der Waals surface area contributed by atoms with E-state index >= 15 is 0 Å². The maximum absolute atomic E-state index is 13.0. The molecule has 180 valence electrons. The van der Waals surface area contributed by atoms with Crippen LogP contribution in [0, 0.1) is 0 Å². The number of aryl methyl sites for hydroxylation is 2. The summed E-state index contributed by atoms with van der Waals surface area (Å²) >= 11 is -1.87. The first-order valence-electron chi connectivity index (χ1n) is 10.5. The van der Waals surface area contributed by atoms with Crippen molar-refractivity contribution in [1.29, 1.82) is 0 Å². The highest BCUT2D eigenvalue weighted by atomic mass is 32.2. The van der Waals surface area contributed by atoms with Gasteiger partial charge in [-0.3, -0.25) is 8.51 Å². The Morgan fingerprint density at radius 2 is 1.46 bits per heavy atom. The fourth-order valence-electron chi connectivity index (χ4n) is 3.69. The fraction of sp³-hybridized carbons (Fsp3) is 0.0800. The molecule has 0 saturated heterocycles. The summed E-state index contributed by atoms with van der Waals surface area (Å²) in [5.41, 5.74) is 1.89. The molecule has 1 unspecified atom stereocenters. The van der Waals surface area contributed by atoms with Crippen LogP contribution in [-0.2, 0) is 33.9 Å². The van der Waals surface area contributed by atoms with E-state index in [0.29, 0.717) is 29.7 Å². The third-order valence-corrected chi connectivity index (χ3v) is 9.50. The van der Waals surface area contributed by atoms with Gasteiger partial charge in [0, 0.05) is 0 Å². The molecule has 0 aliphatic rings. The van der Waals surface area contributed by atoms with Crippen molar-refractivity contribution in [2.24, 2.45) is 0 Å². The quantitative estimate of drug-likeness (QED) is 0.307. The Bertz CT molecular complexity index is 1480. The zero-order valence-electron chi connectivity index (χ0n) is 18.2. The minimum atomic E-state index is -3.79. The maximum Gasteiger partial charge on any atom is 0.335 e. The standard InChI is InChI=1S/C25H21NO6S3/c27-25(28)21-12-6-4-8-18(21)14-15-19-9-5-7-13-22(19)26(34(29)30)23-16-17-24(33-23)35(31,32)20-10-2-1-3-11-20/h1-13,16-17H,14-15H2,(H,27,28)(H,29,30)/p-1. The number of thiophene rings is 1. The van der Waals surface area contributed by atoms with E-state index in [4.69, 9.17) is 0 Å². The van der Waals surface area contributed by atoms with Crippen molar-refractivity contribution in [3.8, 4) is 0 Å². The number of aromatic carboxylic acids is 1. The summed E-state index contributed by atoms with van der Waals surface area (Å²) in [6.07, 6.45) is 0.769. The SMILES string of the molecule is O=C(O)c1ccccc1CCc1ccccc1N(c1ccc(S(=O)(=O)c2ccccc2)s1)S(=O)[O-]. The molecule has 0 aliphatic heterocycles. The van der Waals surface area contributed by atoms with E-state index in [1.54, 1.807) is 60.7 Å². The Morgan fingerprint density at radius 1 is 0.857 bits per heavy atom. The normalized spacial score (nSPS) is 12.3. The lowest BCUT2D eigenvalue weighted by Crippen LogP contribution is -2.20. The van der Waals surface area contributed by atoms with Crippen LogP contribution < -0.4 is 4.31 Å². The van der Waals surface area contributed by atoms with Crippen molar-refractivity contribution >= 4 is 49.1 Å². The molecule has 7 nitrogen and oxygen atoms in total. The molecule has 1 atom stereocenters. The van der Waals surface area contributed by atoms with Crippen molar-refractivity contribution in [2.75, 3.05) is 4.31 Å². The molecule has 0 radical (unpaired) electrons. The third-order valence-electron chi connectivity index (χ3n) is 5.36. The molecule has 4 aromatic rings. The van der Waals surface area contributed by atoms with Crippen LogP contribution in [-0.4, -0.2) is 28.3 Å². The van der Waals surface area contributed by atoms with Gasteiger partial charge in [-0.15, -0.1) is 11.3 Å². The molecule has 0 saturated carbocycles. The molecule has 0 amide bonds. The molecular weight excluding hydrogens is 506 g/mol. The highest BCUT2D eigenvalue weighted by Gasteiger charge is 2.23. The first-order valence-corrected chi connectivity index (χ1v) is 13.8. The summed E-state index contributed by atoms with van der Waals surface area (Å²) in [7, 11) is -3.79. The molecule has 1 aromatic heterocycles. The number of hydrogen-bond acceptors (Lipinski definition) is 6. The molecule has 0 spiro atoms. The number of para-hydroxylation sites is 1. The van der Waals surface area contributed by atoms with Crippen molar-refractivity contribution in [3.63, 3.8) is 0 Å². The Morgan fingerprint density at radius 3 is 2.14 bits per heavy atom.